The van der Waals surface area contributed by atoms with Gasteiger partial charge in [-0.15, -0.1) is 0 Å². The smallest absolute Gasteiger partial charge is 0.331 e. The third-order valence-electron chi connectivity index (χ3n) is 5.76. The van der Waals surface area contributed by atoms with Crippen LogP contribution in [0.1, 0.15) is 71.3 Å². The molecule has 1 saturated carbocycles. The summed E-state index contributed by atoms with van der Waals surface area (Å²) in [5.74, 6) is -1.51. The molecular weight excluding hydrogens is 389 g/mol. The zero-order valence-electron chi connectivity index (χ0n) is 17.6. The Labute approximate surface area is 174 Å². The highest BCUT2D eigenvalue weighted by Gasteiger charge is 2.20. The van der Waals surface area contributed by atoms with Gasteiger partial charge in [0.25, 0.3) is 5.56 Å². The van der Waals surface area contributed by atoms with E-state index in [-0.39, 0.29) is 36.9 Å². The lowest BCUT2D eigenvalue weighted by atomic mass is 10.1. The van der Waals surface area contributed by atoms with Crippen LogP contribution in [0, 0.1) is 5.82 Å². The summed E-state index contributed by atoms with van der Waals surface area (Å²) in [7, 11) is 0. The number of aliphatic carboxylic acids is 1. The predicted molar refractivity (Wildman–Crippen MR) is 115 cm³/mol. The summed E-state index contributed by atoms with van der Waals surface area (Å²) in [6, 6.07) is 2.69. The molecule has 0 radical (unpaired) electrons. The van der Waals surface area contributed by atoms with Crippen molar-refractivity contribution in [2.75, 3.05) is 5.32 Å². The first-order chi connectivity index (χ1) is 14.3. The van der Waals surface area contributed by atoms with Gasteiger partial charge in [0.05, 0.1) is 16.6 Å². The molecule has 0 spiro atoms. The summed E-state index contributed by atoms with van der Waals surface area (Å²) in [5.41, 5.74) is -0.379. The molecule has 8 heteroatoms. The number of nitrogens with zero attached hydrogens (tertiary/aromatic N) is 2. The molecule has 0 aliphatic heterocycles. The molecule has 2 N–H and O–H groups in total. The van der Waals surface area contributed by atoms with E-state index in [9.17, 15) is 18.8 Å². The third-order valence-corrected chi connectivity index (χ3v) is 5.76. The van der Waals surface area contributed by atoms with Gasteiger partial charge in [-0.2, -0.15) is 0 Å². The van der Waals surface area contributed by atoms with E-state index in [1.54, 1.807) is 6.07 Å². The third kappa shape index (κ3) is 4.74. The number of carboxylic acid groups (broad SMARTS) is 1. The fourth-order valence-electron chi connectivity index (χ4n) is 4.24. The number of hydrogen-bond acceptors (Lipinski definition) is 4. The van der Waals surface area contributed by atoms with Gasteiger partial charge < -0.3 is 10.4 Å². The van der Waals surface area contributed by atoms with Crippen molar-refractivity contribution in [3.63, 3.8) is 0 Å². The SMILES string of the molecule is CC(C)n1c(=O)n(CCCC(=O)O)c(=O)c2cc(F)c(NC3CCCCCC3)cc21. The number of carboxylic acids is 1. The van der Waals surface area contributed by atoms with Crippen molar-refractivity contribution in [2.24, 2.45) is 0 Å². The Morgan fingerprint density at radius 1 is 1.20 bits per heavy atom. The summed E-state index contributed by atoms with van der Waals surface area (Å²) in [4.78, 5) is 36.7. The van der Waals surface area contributed by atoms with Gasteiger partial charge in [0, 0.05) is 25.0 Å². The van der Waals surface area contributed by atoms with Gasteiger partial charge in [0.2, 0.25) is 0 Å². The second-order valence-corrected chi connectivity index (χ2v) is 8.38. The van der Waals surface area contributed by atoms with Crippen molar-refractivity contribution >= 4 is 22.6 Å². The van der Waals surface area contributed by atoms with Crippen LogP contribution in [-0.2, 0) is 11.3 Å². The monoisotopic (exact) mass is 419 g/mol. The van der Waals surface area contributed by atoms with Crippen molar-refractivity contribution in [3.8, 4) is 0 Å². The quantitative estimate of drug-likeness (QED) is 0.665. The molecule has 7 nitrogen and oxygen atoms in total. The average molecular weight is 419 g/mol. The molecule has 164 valence electrons. The van der Waals surface area contributed by atoms with Crippen LogP contribution in [0.25, 0.3) is 10.9 Å². The van der Waals surface area contributed by atoms with Crippen LogP contribution >= 0.6 is 0 Å². The molecule has 1 fully saturated rings. The summed E-state index contributed by atoms with van der Waals surface area (Å²) < 4.78 is 17.4. The van der Waals surface area contributed by atoms with Crippen LogP contribution in [0.15, 0.2) is 21.7 Å². The molecule has 1 aliphatic carbocycles. The van der Waals surface area contributed by atoms with E-state index >= 15 is 0 Å². The Hall–Kier alpha value is -2.64. The largest absolute Gasteiger partial charge is 0.481 e. The molecule has 3 rings (SSSR count). The molecule has 0 unspecified atom stereocenters. The van der Waals surface area contributed by atoms with Gasteiger partial charge in [-0.05, 0) is 45.2 Å². The number of aromatic nitrogens is 2. The topological polar surface area (TPSA) is 93.3 Å². The maximum absolute atomic E-state index is 14.9. The number of benzene rings is 1. The lowest BCUT2D eigenvalue weighted by Gasteiger charge is -2.21. The highest BCUT2D eigenvalue weighted by molar-refractivity contribution is 5.82. The number of carbonyl (C=O) groups is 1. The fourth-order valence-corrected chi connectivity index (χ4v) is 4.24. The van der Waals surface area contributed by atoms with Crippen LogP contribution < -0.4 is 16.6 Å². The average Bonchev–Trinajstić information content (AvgIpc) is 2.94. The maximum Gasteiger partial charge on any atom is 0.331 e. The summed E-state index contributed by atoms with van der Waals surface area (Å²) in [6.45, 7) is 3.64. The molecule has 0 atom stereocenters. The van der Waals surface area contributed by atoms with E-state index in [0.717, 1.165) is 30.3 Å². The van der Waals surface area contributed by atoms with Crippen LogP contribution in [0.3, 0.4) is 0 Å². The Balaban J connectivity index is 2.07. The number of hydrogen-bond donors (Lipinski definition) is 2. The lowest BCUT2D eigenvalue weighted by molar-refractivity contribution is -0.137. The first-order valence-corrected chi connectivity index (χ1v) is 10.8. The second kappa shape index (κ2) is 9.45. The number of rotatable bonds is 7. The minimum absolute atomic E-state index is 0.0175. The minimum Gasteiger partial charge on any atom is -0.481 e. The fraction of sp³-hybridized carbons (Fsp3) is 0.591. The van der Waals surface area contributed by atoms with Gasteiger partial charge in [0.1, 0.15) is 5.82 Å². The van der Waals surface area contributed by atoms with Gasteiger partial charge in [-0.1, -0.05) is 25.7 Å². The Kier molecular flexibility index (Phi) is 6.95. The Morgan fingerprint density at radius 2 is 1.87 bits per heavy atom. The molecule has 1 aromatic carbocycles. The second-order valence-electron chi connectivity index (χ2n) is 8.38. The van der Waals surface area contributed by atoms with E-state index in [0.29, 0.717) is 11.2 Å². The van der Waals surface area contributed by atoms with Crippen LogP contribution in [0.2, 0.25) is 0 Å². The predicted octanol–water partition coefficient (Wildman–Crippen LogP) is 3.88. The number of halogens is 1. The first-order valence-electron chi connectivity index (χ1n) is 10.8. The minimum atomic E-state index is -0.992. The molecule has 0 bridgehead atoms. The zero-order valence-corrected chi connectivity index (χ0v) is 17.6. The van der Waals surface area contributed by atoms with E-state index in [4.69, 9.17) is 5.11 Å². The van der Waals surface area contributed by atoms with E-state index in [1.165, 1.54) is 23.5 Å². The maximum atomic E-state index is 14.9. The molecule has 30 heavy (non-hydrogen) atoms. The number of fused-ring (bicyclic) bond motifs is 1. The Bertz CT molecular complexity index is 1030. The normalized spacial score (nSPS) is 15.5. The summed E-state index contributed by atoms with van der Waals surface area (Å²) in [5, 5.41) is 12.2. The Morgan fingerprint density at radius 3 is 2.47 bits per heavy atom. The first kappa shape index (κ1) is 22.1. The van der Waals surface area contributed by atoms with Crippen molar-refractivity contribution in [3.05, 3.63) is 38.8 Å². The molecular formula is C22H30FN3O4. The van der Waals surface area contributed by atoms with Gasteiger partial charge in [-0.3, -0.25) is 18.7 Å². The van der Waals surface area contributed by atoms with Crippen LogP contribution in [-0.4, -0.2) is 26.3 Å². The van der Waals surface area contributed by atoms with Crippen LogP contribution in [0.4, 0.5) is 10.1 Å². The summed E-state index contributed by atoms with van der Waals surface area (Å²) in [6.07, 6.45) is 6.52. The summed E-state index contributed by atoms with van der Waals surface area (Å²) >= 11 is 0. The molecule has 1 heterocycles. The highest BCUT2D eigenvalue weighted by atomic mass is 19.1. The lowest BCUT2D eigenvalue weighted by Crippen LogP contribution is -2.41. The van der Waals surface area contributed by atoms with Gasteiger partial charge in [0.15, 0.2) is 0 Å². The molecule has 1 aliphatic rings. The molecule has 0 amide bonds. The van der Waals surface area contributed by atoms with Gasteiger partial charge in [-0.25, -0.2) is 9.18 Å². The molecule has 0 saturated heterocycles. The van der Waals surface area contributed by atoms with Crippen molar-refractivity contribution < 1.29 is 14.3 Å². The van der Waals surface area contributed by atoms with Crippen molar-refractivity contribution in [2.45, 2.75) is 83.8 Å². The van der Waals surface area contributed by atoms with E-state index in [2.05, 4.69) is 5.32 Å². The molecule has 1 aromatic heterocycles. The van der Waals surface area contributed by atoms with Crippen molar-refractivity contribution in [1.29, 1.82) is 0 Å². The van der Waals surface area contributed by atoms with E-state index in [1.807, 2.05) is 13.8 Å². The zero-order chi connectivity index (χ0) is 21.8. The number of anilines is 1. The van der Waals surface area contributed by atoms with E-state index < -0.39 is 23.0 Å². The van der Waals surface area contributed by atoms with Crippen molar-refractivity contribution in [1.82, 2.24) is 9.13 Å². The highest BCUT2D eigenvalue weighted by Crippen LogP contribution is 2.26. The number of nitrogens with one attached hydrogen (secondary N) is 1. The van der Waals surface area contributed by atoms with Gasteiger partial charge >= 0.3 is 11.7 Å². The van der Waals surface area contributed by atoms with Crippen LogP contribution in [0.5, 0.6) is 0 Å². The molecule has 2 aromatic rings. The standard InChI is InChI=1S/C22H30FN3O4/c1-14(2)26-19-13-18(24-15-8-5-3-4-6-9-15)17(23)12-16(19)21(29)25(22(26)30)11-7-10-20(27)28/h12-15,24H,3-11H2,1-2H3,(H,27,28).